The van der Waals surface area contributed by atoms with Gasteiger partial charge in [0.2, 0.25) is 0 Å². The summed E-state index contributed by atoms with van der Waals surface area (Å²) in [7, 11) is -4.07. The van der Waals surface area contributed by atoms with Crippen molar-refractivity contribution in [3.05, 3.63) is 93.1 Å². The Morgan fingerprint density at radius 3 is 1.89 bits per heavy atom. The highest BCUT2D eigenvalue weighted by Crippen LogP contribution is 2.27. The Morgan fingerprint density at radius 2 is 1.33 bits per heavy atom. The minimum absolute atomic E-state index is 0.0768. The number of nitrogens with zero attached hydrogens (tertiary/aromatic N) is 1. The van der Waals surface area contributed by atoms with Crippen molar-refractivity contribution in [2.45, 2.75) is 18.7 Å². The third-order valence-electron chi connectivity index (χ3n) is 4.12. The van der Waals surface area contributed by atoms with Crippen molar-refractivity contribution >= 4 is 44.2 Å². The van der Waals surface area contributed by atoms with Crippen LogP contribution in [0.15, 0.2) is 77.7 Å². The molecule has 0 N–H and O–H groups in total. The van der Waals surface area contributed by atoms with E-state index in [9.17, 15) is 13.2 Å². The summed E-state index contributed by atoms with van der Waals surface area (Å²) in [4.78, 5) is 13.4. The van der Waals surface area contributed by atoms with Gasteiger partial charge in [0.25, 0.3) is 15.9 Å². The van der Waals surface area contributed by atoms with E-state index in [0.717, 1.165) is 15.4 Å². The van der Waals surface area contributed by atoms with Gasteiger partial charge >= 0.3 is 0 Å². The number of carbonyl (C=O) groups is 1. The van der Waals surface area contributed by atoms with Crippen molar-refractivity contribution < 1.29 is 13.2 Å². The summed E-state index contributed by atoms with van der Waals surface area (Å²) in [6.45, 7) is 3.79. The number of hydrogen-bond acceptors (Lipinski definition) is 3. The van der Waals surface area contributed by atoms with E-state index in [1.807, 2.05) is 42.5 Å². The van der Waals surface area contributed by atoms with Gasteiger partial charge in [-0.3, -0.25) is 4.79 Å². The number of amides is 1. The van der Waals surface area contributed by atoms with Crippen LogP contribution in [-0.4, -0.2) is 14.3 Å². The summed E-state index contributed by atoms with van der Waals surface area (Å²) < 4.78 is 28.3. The normalized spacial score (nSPS) is 11.2. The first-order valence-electron chi connectivity index (χ1n) is 8.28. The van der Waals surface area contributed by atoms with Gasteiger partial charge in [0.15, 0.2) is 0 Å². The molecule has 138 valence electrons. The van der Waals surface area contributed by atoms with Crippen LogP contribution in [0.4, 0.5) is 5.69 Å². The molecule has 0 saturated carbocycles. The highest BCUT2D eigenvalue weighted by molar-refractivity contribution is 14.1. The van der Waals surface area contributed by atoms with Gasteiger partial charge in [0, 0.05) is 3.57 Å². The maximum atomic E-state index is 13.4. The van der Waals surface area contributed by atoms with Crippen LogP contribution in [0.2, 0.25) is 0 Å². The molecule has 4 nitrogen and oxygen atoms in total. The number of anilines is 1. The highest BCUT2D eigenvalue weighted by atomic mass is 127. The fraction of sp³-hybridized carbons (Fsp3) is 0.0952. The molecule has 0 radical (unpaired) electrons. The first-order chi connectivity index (χ1) is 12.8. The van der Waals surface area contributed by atoms with Crippen LogP contribution in [0, 0.1) is 17.4 Å². The van der Waals surface area contributed by atoms with E-state index in [-0.39, 0.29) is 4.90 Å². The minimum atomic E-state index is -4.07. The predicted molar refractivity (Wildman–Crippen MR) is 116 cm³/mol. The molecule has 0 heterocycles. The van der Waals surface area contributed by atoms with Crippen molar-refractivity contribution in [2.75, 3.05) is 4.31 Å². The summed E-state index contributed by atoms with van der Waals surface area (Å²) in [5, 5.41) is 0. The SMILES string of the molecule is Cc1ccc(N(C(=O)c2ccccc2I)S(=O)(=O)c2ccc(C)cc2)cc1. The Morgan fingerprint density at radius 1 is 0.815 bits per heavy atom. The van der Waals surface area contributed by atoms with Crippen LogP contribution < -0.4 is 4.31 Å². The molecular formula is C21H18INO3S. The molecule has 0 atom stereocenters. The lowest BCUT2D eigenvalue weighted by Crippen LogP contribution is -2.37. The molecule has 0 saturated heterocycles. The average molecular weight is 491 g/mol. The molecule has 3 aromatic rings. The lowest BCUT2D eigenvalue weighted by molar-refractivity contribution is 0.100. The van der Waals surface area contributed by atoms with Gasteiger partial charge in [-0.05, 0) is 72.8 Å². The quantitative estimate of drug-likeness (QED) is 0.486. The number of halogens is 1. The predicted octanol–water partition coefficient (Wildman–Crippen LogP) is 4.94. The van der Waals surface area contributed by atoms with Crippen molar-refractivity contribution in [3.8, 4) is 0 Å². The standard InChI is InChI=1S/C21H18INO3S/c1-15-7-11-17(12-8-15)23(21(24)19-5-3-4-6-20(19)22)27(25,26)18-13-9-16(2)10-14-18/h3-14H,1-2H3. The molecule has 3 aromatic carbocycles. The number of aryl methyl sites for hydroxylation is 2. The van der Waals surface area contributed by atoms with E-state index in [2.05, 4.69) is 0 Å². The molecule has 6 heteroatoms. The molecule has 27 heavy (non-hydrogen) atoms. The number of benzene rings is 3. The molecular weight excluding hydrogens is 473 g/mol. The molecule has 3 rings (SSSR count). The topological polar surface area (TPSA) is 54.5 Å². The first kappa shape index (κ1) is 19.6. The van der Waals surface area contributed by atoms with Gasteiger partial charge in [-0.1, -0.05) is 47.5 Å². The molecule has 0 aromatic heterocycles. The summed E-state index contributed by atoms with van der Waals surface area (Å²) in [5.74, 6) is -0.579. The maximum Gasteiger partial charge on any atom is 0.273 e. The van der Waals surface area contributed by atoms with E-state index in [4.69, 9.17) is 0 Å². The van der Waals surface area contributed by atoms with Crippen LogP contribution >= 0.6 is 22.6 Å². The fourth-order valence-corrected chi connectivity index (χ4v) is 4.63. The van der Waals surface area contributed by atoms with Crippen LogP contribution in [0.3, 0.4) is 0 Å². The number of carbonyl (C=O) groups excluding carboxylic acids is 1. The molecule has 0 bridgehead atoms. The second kappa shape index (κ2) is 7.82. The van der Waals surface area contributed by atoms with Gasteiger partial charge in [0.1, 0.15) is 0 Å². The highest BCUT2D eigenvalue weighted by Gasteiger charge is 2.32. The van der Waals surface area contributed by atoms with Crippen LogP contribution in [0.25, 0.3) is 0 Å². The zero-order valence-corrected chi connectivity index (χ0v) is 17.9. The van der Waals surface area contributed by atoms with Gasteiger partial charge in [-0.15, -0.1) is 0 Å². The number of hydrogen-bond donors (Lipinski definition) is 0. The number of rotatable bonds is 4. The lowest BCUT2D eigenvalue weighted by atomic mass is 10.2. The Kier molecular flexibility index (Phi) is 5.67. The fourth-order valence-electron chi connectivity index (χ4n) is 2.61. The van der Waals surface area contributed by atoms with Crippen LogP contribution in [0.1, 0.15) is 21.5 Å². The van der Waals surface area contributed by atoms with Crippen molar-refractivity contribution in [2.24, 2.45) is 0 Å². The third kappa shape index (κ3) is 4.06. The Bertz CT molecular complexity index is 1080. The molecule has 0 fully saturated rings. The number of sulfonamides is 1. The average Bonchev–Trinajstić information content (AvgIpc) is 2.64. The molecule has 0 aliphatic heterocycles. The monoisotopic (exact) mass is 491 g/mol. The molecule has 1 amide bonds. The molecule has 0 aliphatic carbocycles. The van der Waals surface area contributed by atoms with E-state index in [1.54, 1.807) is 54.6 Å². The first-order valence-corrected chi connectivity index (χ1v) is 10.8. The van der Waals surface area contributed by atoms with Gasteiger partial charge in [0.05, 0.1) is 16.1 Å². The maximum absolute atomic E-state index is 13.4. The van der Waals surface area contributed by atoms with Gasteiger partial charge < -0.3 is 0 Å². The summed E-state index contributed by atoms with van der Waals surface area (Å²) in [6, 6.07) is 20.3. The summed E-state index contributed by atoms with van der Waals surface area (Å²) >= 11 is 2.04. The smallest absolute Gasteiger partial charge is 0.268 e. The molecule has 0 unspecified atom stereocenters. The summed E-state index contributed by atoms with van der Waals surface area (Å²) in [6.07, 6.45) is 0. The van der Waals surface area contributed by atoms with Crippen LogP contribution in [0.5, 0.6) is 0 Å². The summed E-state index contributed by atoms with van der Waals surface area (Å²) in [5.41, 5.74) is 2.58. The van der Waals surface area contributed by atoms with Crippen molar-refractivity contribution in [1.82, 2.24) is 0 Å². The van der Waals surface area contributed by atoms with Gasteiger partial charge in [-0.2, -0.15) is 4.31 Å². The largest absolute Gasteiger partial charge is 0.273 e. The second-order valence-corrected chi connectivity index (χ2v) is 9.15. The molecule has 0 spiro atoms. The Labute approximate surface area is 173 Å². The zero-order valence-electron chi connectivity index (χ0n) is 14.9. The Hall–Kier alpha value is -2.19. The third-order valence-corrected chi connectivity index (χ3v) is 6.78. The van der Waals surface area contributed by atoms with Crippen molar-refractivity contribution in [1.29, 1.82) is 0 Å². The van der Waals surface area contributed by atoms with Crippen LogP contribution in [-0.2, 0) is 10.0 Å². The van der Waals surface area contributed by atoms with E-state index in [0.29, 0.717) is 14.8 Å². The lowest BCUT2D eigenvalue weighted by Gasteiger charge is -2.23. The van der Waals surface area contributed by atoms with E-state index in [1.165, 1.54) is 12.1 Å². The minimum Gasteiger partial charge on any atom is -0.268 e. The van der Waals surface area contributed by atoms with Gasteiger partial charge in [-0.25, -0.2) is 8.42 Å². The Balaban J connectivity index is 2.18. The van der Waals surface area contributed by atoms with E-state index >= 15 is 0 Å². The molecule has 0 aliphatic rings. The zero-order chi connectivity index (χ0) is 19.6. The van der Waals surface area contributed by atoms with E-state index < -0.39 is 15.9 Å². The second-order valence-electron chi connectivity index (χ2n) is 6.20. The van der Waals surface area contributed by atoms with Crippen molar-refractivity contribution in [3.63, 3.8) is 0 Å².